The molecule has 2 aromatic heterocycles. The van der Waals surface area contributed by atoms with Crippen molar-refractivity contribution >= 4 is 34.3 Å². The van der Waals surface area contributed by atoms with E-state index in [1.54, 1.807) is 24.7 Å². The SMILES string of the molecule is Cn1c(=O)n(C)c2cc(N3CCN(c4ccccc4)CC3)c(N=Cc3c(O)[nH]c(=O)[nH]c3=O)cc21. The maximum Gasteiger partial charge on any atom is 0.328 e. The third kappa shape index (κ3) is 4.01. The number of fused-ring (bicyclic) bond motifs is 1. The van der Waals surface area contributed by atoms with Gasteiger partial charge in [-0.25, -0.2) is 9.59 Å². The highest BCUT2D eigenvalue weighted by molar-refractivity contribution is 5.91. The summed E-state index contributed by atoms with van der Waals surface area (Å²) in [7, 11) is 3.41. The molecular weight excluding hydrogens is 450 g/mol. The Balaban J connectivity index is 1.55. The molecule has 1 aliphatic rings. The van der Waals surface area contributed by atoms with Crippen LogP contribution in [0.3, 0.4) is 0 Å². The lowest BCUT2D eigenvalue weighted by molar-refractivity contribution is 0.447. The number of benzene rings is 2. The van der Waals surface area contributed by atoms with Crippen molar-refractivity contribution in [2.75, 3.05) is 36.0 Å². The van der Waals surface area contributed by atoms with Crippen LogP contribution in [-0.4, -0.2) is 56.6 Å². The number of H-pyrrole nitrogens is 2. The van der Waals surface area contributed by atoms with Gasteiger partial charge in [-0.3, -0.25) is 28.9 Å². The fraction of sp³-hybridized carbons (Fsp3) is 0.250. The summed E-state index contributed by atoms with van der Waals surface area (Å²) in [4.78, 5) is 49.3. The fourth-order valence-corrected chi connectivity index (χ4v) is 4.46. The van der Waals surface area contributed by atoms with Crippen LogP contribution in [0.25, 0.3) is 11.0 Å². The Hall–Kier alpha value is -4.54. The number of aryl methyl sites for hydroxylation is 2. The Labute approximate surface area is 199 Å². The minimum absolute atomic E-state index is 0.157. The zero-order valence-corrected chi connectivity index (χ0v) is 19.4. The first-order valence-electron chi connectivity index (χ1n) is 11.2. The van der Waals surface area contributed by atoms with E-state index in [4.69, 9.17) is 0 Å². The van der Waals surface area contributed by atoms with E-state index in [-0.39, 0.29) is 11.3 Å². The summed E-state index contributed by atoms with van der Waals surface area (Å²) in [6, 6.07) is 13.9. The predicted molar refractivity (Wildman–Crippen MR) is 136 cm³/mol. The van der Waals surface area contributed by atoms with Crippen molar-refractivity contribution < 1.29 is 5.11 Å². The van der Waals surface area contributed by atoms with Gasteiger partial charge in [0.1, 0.15) is 5.56 Å². The average molecular weight is 476 g/mol. The molecule has 180 valence electrons. The number of aromatic hydroxyl groups is 1. The van der Waals surface area contributed by atoms with E-state index in [2.05, 4.69) is 36.9 Å². The van der Waals surface area contributed by atoms with E-state index in [1.807, 2.05) is 24.3 Å². The summed E-state index contributed by atoms with van der Waals surface area (Å²) in [6.07, 6.45) is 1.22. The summed E-state index contributed by atoms with van der Waals surface area (Å²) in [5, 5.41) is 10.0. The molecule has 11 nitrogen and oxygen atoms in total. The summed E-state index contributed by atoms with van der Waals surface area (Å²) in [6.45, 7) is 3.07. The number of hydrogen-bond donors (Lipinski definition) is 3. The summed E-state index contributed by atoms with van der Waals surface area (Å²) >= 11 is 0. The van der Waals surface area contributed by atoms with Gasteiger partial charge in [0, 0.05) is 52.2 Å². The number of hydrogen-bond acceptors (Lipinski definition) is 7. The van der Waals surface area contributed by atoms with Crippen LogP contribution in [0.5, 0.6) is 5.88 Å². The minimum atomic E-state index is -0.803. The van der Waals surface area contributed by atoms with Gasteiger partial charge in [-0.15, -0.1) is 0 Å². The van der Waals surface area contributed by atoms with Crippen LogP contribution in [0.2, 0.25) is 0 Å². The Morgan fingerprint density at radius 1 is 0.886 bits per heavy atom. The van der Waals surface area contributed by atoms with Gasteiger partial charge in [0.15, 0.2) is 0 Å². The highest BCUT2D eigenvalue weighted by atomic mass is 16.3. The second-order valence-corrected chi connectivity index (χ2v) is 8.47. The van der Waals surface area contributed by atoms with Gasteiger partial charge in [0.25, 0.3) is 5.56 Å². The lowest BCUT2D eigenvalue weighted by atomic mass is 10.1. The zero-order chi connectivity index (χ0) is 24.7. The summed E-state index contributed by atoms with van der Waals surface area (Å²) in [5.41, 5.74) is 2.10. The lowest BCUT2D eigenvalue weighted by Crippen LogP contribution is -2.46. The summed E-state index contributed by atoms with van der Waals surface area (Å²) < 4.78 is 3.13. The molecular formula is C24H25N7O4. The molecule has 0 atom stereocenters. The highest BCUT2D eigenvalue weighted by Gasteiger charge is 2.22. The fourth-order valence-electron chi connectivity index (χ4n) is 4.46. The van der Waals surface area contributed by atoms with Gasteiger partial charge >= 0.3 is 11.4 Å². The molecule has 35 heavy (non-hydrogen) atoms. The number of nitrogens with zero attached hydrogens (tertiary/aromatic N) is 5. The predicted octanol–water partition coefficient (Wildman–Crippen LogP) is 1.04. The van der Waals surface area contributed by atoms with E-state index in [9.17, 15) is 19.5 Å². The number of aromatic amines is 2. The molecule has 0 spiro atoms. The Kier molecular flexibility index (Phi) is 5.51. The molecule has 3 heterocycles. The monoisotopic (exact) mass is 475 g/mol. The van der Waals surface area contributed by atoms with E-state index in [0.29, 0.717) is 11.2 Å². The van der Waals surface area contributed by atoms with E-state index in [0.717, 1.165) is 37.4 Å². The van der Waals surface area contributed by atoms with Crippen LogP contribution in [0.4, 0.5) is 17.1 Å². The van der Waals surface area contributed by atoms with Crippen molar-refractivity contribution in [2.45, 2.75) is 0 Å². The Morgan fingerprint density at radius 2 is 1.51 bits per heavy atom. The van der Waals surface area contributed by atoms with E-state index in [1.165, 1.54) is 16.5 Å². The molecule has 2 aromatic carbocycles. The van der Waals surface area contributed by atoms with Crippen molar-refractivity contribution in [1.82, 2.24) is 19.1 Å². The van der Waals surface area contributed by atoms with Crippen LogP contribution in [0, 0.1) is 0 Å². The molecule has 0 amide bonds. The largest absolute Gasteiger partial charge is 0.494 e. The number of rotatable bonds is 4. The first-order valence-corrected chi connectivity index (χ1v) is 11.2. The van der Waals surface area contributed by atoms with Crippen LogP contribution < -0.4 is 26.7 Å². The number of piperazine rings is 1. The maximum absolute atomic E-state index is 12.5. The maximum atomic E-state index is 12.5. The molecule has 0 aliphatic carbocycles. The molecule has 1 saturated heterocycles. The second kappa shape index (κ2) is 8.67. The molecule has 0 saturated carbocycles. The van der Waals surface area contributed by atoms with Crippen molar-refractivity contribution in [1.29, 1.82) is 0 Å². The number of aromatic nitrogens is 4. The quantitative estimate of drug-likeness (QED) is 0.378. The zero-order valence-electron chi connectivity index (χ0n) is 19.4. The van der Waals surface area contributed by atoms with Crippen molar-refractivity contribution in [3.63, 3.8) is 0 Å². The molecule has 0 bridgehead atoms. The first-order chi connectivity index (χ1) is 16.8. The van der Waals surface area contributed by atoms with Crippen molar-refractivity contribution in [3.05, 3.63) is 79.4 Å². The van der Waals surface area contributed by atoms with Gasteiger partial charge in [-0.05, 0) is 24.3 Å². The van der Waals surface area contributed by atoms with Gasteiger partial charge in [-0.2, -0.15) is 0 Å². The first kappa shape index (κ1) is 22.3. The number of para-hydroxylation sites is 1. The number of nitrogens with one attached hydrogen (secondary N) is 2. The summed E-state index contributed by atoms with van der Waals surface area (Å²) in [5.74, 6) is -0.561. The van der Waals surface area contributed by atoms with Crippen molar-refractivity contribution in [3.8, 4) is 5.88 Å². The molecule has 5 rings (SSSR count). The van der Waals surface area contributed by atoms with Crippen LogP contribution >= 0.6 is 0 Å². The molecule has 3 N–H and O–H groups in total. The standard InChI is InChI=1S/C24H25N7O4/c1-28-19-12-17(25-14-16-21(32)26-23(34)27-22(16)33)18(13-20(19)29(2)24(28)35)31-10-8-30(9-11-31)15-6-4-3-5-7-15/h3-7,12-14H,8-11H2,1-2H3,(H3,26,27,32,33,34). The molecule has 0 radical (unpaired) electrons. The Morgan fingerprint density at radius 3 is 2.17 bits per heavy atom. The van der Waals surface area contributed by atoms with Gasteiger partial charge in [0.05, 0.1) is 22.4 Å². The Bertz CT molecular complexity index is 1600. The van der Waals surface area contributed by atoms with E-state index >= 15 is 0 Å². The second-order valence-electron chi connectivity index (χ2n) is 8.47. The van der Waals surface area contributed by atoms with Crippen LogP contribution in [-0.2, 0) is 14.1 Å². The molecule has 11 heteroatoms. The number of imidazole rings is 1. The average Bonchev–Trinajstić information content (AvgIpc) is 3.07. The molecule has 1 aliphatic heterocycles. The molecule has 1 fully saturated rings. The topological polar surface area (TPSA) is 132 Å². The van der Waals surface area contributed by atoms with Gasteiger partial charge < -0.3 is 14.9 Å². The third-order valence-electron chi connectivity index (χ3n) is 6.40. The smallest absolute Gasteiger partial charge is 0.328 e. The van der Waals surface area contributed by atoms with Gasteiger partial charge in [0.2, 0.25) is 5.88 Å². The van der Waals surface area contributed by atoms with Crippen molar-refractivity contribution in [2.24, 2.45) is 19.1 Å². The normalized spacial score (nSPS) is 14.3. The number of anilines is 2. The lowest BCUT2D eigenvalue weighted by Gasteiger charge is -2.37. The molecule has 4 aromatic rings. The number of aliphatic imine (C=N–C) groups is 1. The van der Waals surface area contributed by atoms with Gasteiger partial charge in [-0.1, -0.05) is 18.2 Å². The van der Waals surface area contributed by atoms with Crippen LogP contribution in [0.1, 0.15) is 5.56 Å². The van der Waals surface area contributed by atoms with E-state index < -0.39 is 17.1 Å². The minimum Gasteiger partial charge on any atom is -0.494 e. The highest BCUT2D eigenvalue weighted by Crippen LogP contribution is 2.34. The molecule has 0 unspecified atom stereocenters. The van der Waals surface area contributed by atoms with Crippen LogP contribution in [0.15, 0.2) is 61.8 Å². The third-order valence-corrected chi connectivity index (χ3v) is 6.40.